The maximum atomic E-state index is 11.7. The van der Waals surface area contributed by atoms with Crippen LogP contribution in [-0.2, 0) is 4.79 Å². The van der Waals surface area contributed by atoms with Gasteiger partial charge in [-0.25, -0.2) is 0 Å². The zero-order chi connectivity index (χ0) is 13.6. The van der Waals surface area contributed by atoms with E-state index in [2.05, 4.69) is 5.32 Å². The number of carbonyl (C=O) groups is 1. The van der Waals surface area contributed by atoms with Gasteiger partial charge in [0.25, 0.3) is 0 Å². The van der Waals surface area contributed by atoms with Gasteiger partial charge in [-0.05, 0) is 11.6 Å². The average Bonchev–Trinajstić information content (AvgIpc) is 2.33. The summed E-state index contributed by atoms with van der Waals surface area (Å²) in [5.41, 5.74) is 0.955. The number of amides is 1. The molecule has 0 saturated heterocycles. The van der Waals surface area contributed by atoms with Crippen molar-refractivity contribution in [1.82, 2.24) is 5.32 Å². The minimum absolute atomic E-state index is 0.243. The van der Waals surface area contributed by atoms with Crippen molar-refractivity contribution in [2.75, 3.05) is 14.1 Å². The minimum Gasteiger partial charge on any atom is -0.632 e. The van der Waals surface area contributed by atoms with Crippen LogP contribution in [0.2, 0.25) is 0 Å². The molecule has 1 unspecified atom stereocenters. The van der Waals surface area contributed by atoms with Gasteiger partial charge in [-0.1, -0.05) is 37.3 Å². The van der Waals surface area contributed by atoms with Gasteiger partial charge in [-0.15, -0.1) is 0 Å². The summed E-state index contributed by atoms with van der Waals surface area (Å²) in [4.78, 5) is 11.7. The van der Waals surface area contributed by atoms with Crippen molar-refractivity contribution in [3.8, 4) is 0 Å². The number of hydroxylamine groups is 3. The fourth-order valence-electron chi connectivity index (χ4n) is 1.65. The van der Waals surface area contributed by atoms with Crippen molar-refractivity contribution in [2.45, 2.75) is 19.5 Å². The number of nitrogens with zero attached hydrogens (tertiary/aromatic N) is 1. The number of benzene rings is 1. The number of rotatable bonds is 5. The van der Waals surface area contributed by atoms with E-state index in [1.165, 1.54) is 20.2 Å². The molecule has 1 atom stereocenters. The molecule has 0 heterocycles. The lowest BCUT2D eigenvalue weighted by molar-refractivity contribution is -0.869. The normalized spacial score (nSPS) is 13.6. The molecular weight excluding hydrogens is 228 g/mol. The quantitative estimate of drug-likeness (QED) is 0.375. The lowest BCUT2D eigenvalue weighted by Gasteiger charge is -2.41. The van der Waals surface area contributed by atoms with E-state index in [1.807, 2.05) is 37.3 Å². The second-order valence-corrected chi connectivity index (χ2v) is 4.61. The van der Waals surface area contributed by atoms with E-state index in [1.54, 1.807) is 6.08 Å². The fraction of sp³-hybridized carbons (Fsp3) is 0.357. The highest BCUT2D eigenvalue weighted by Crippen LogP contribution is 2.05. The lowest BCUT2D eigenvalue weighted by Crippen LogP contribution is -2.53. The molecule has 0 aliphatic heterocycles. The highest BCUT2D eigenvalue weighted by Gasteiger charge is 2.18. The van der Waals surface area contributed by atoms with Crippen LogP contribution >= 0.6 is 0 Å². The Morgan fingerprint density at radius 1 is 1.39 bits per heavy atom. The number of nitrogens with one attached hydrogen (secondary N) is 1. The zero-order valence-electron chi connectivity index (χ0n) is 11.1. The van der Waals surface area contributed by atoms with Crippen LogP contribution in [-0.4, -0.2) is 30.8 Å². The largest absolute Gasteiger partial charge is 0.632 e. The van der Waals surface area contributed by atoms with Gasteiger partial charge in [0.05, 0.1) is 14.1 Å². The summed E-state index contributed by atoms with van der Waals surface area (Å²) >= 11 is 0. The first-order valence-electron chi connectivity index (χ1n) is 6.01. The Morgan fingerprint density at radius 3 is 2.50 bits per heavy atom. The van der Waals surface area contributed by atoms with Crippen molar-refractivity contribution in [3.63, 3.8) is 0 Å². The second-order valence-electron chi connectivity index (χ2n) is 4.61. The Bertz CT molecular complexity index is 408. The topological polar surface area (TPSA) is 52.2 Å². The first kappa shape index (κ1) is 14.4. The summed E-state index contributed by atoms with van der Waals surface area (Å²) in [7, 11) is 3.05. The van der Waals surface area contributed by atoms with Gasteiger partial charge in [0.1, 0.15) is 0 Å². The Balaban J connectivity index is 2.59. The van der Waals surface area contributed by atoms with Gasteiger partial charge >= 0.3 is 0 Å². The third-order valence-electron chi connectivity index (χ3n) is 2.67. The molecule has 0 bridgehead atoms. The summed E-state index contributed by atoms with van der Waals surface area (Å²) in [6, 6.07) is 9.56. The van der Waals surface area contributed by atoms with Crippen LogP contribution in [0.4, 0.5) is 0 Å². The van der Waals surface area contributed by atoms with Crippen LogP contribution in [0.3, 0.4) is 0 Å². The summed E-state index contributed by atoms with van der Waals surface area (Å²) in [6.07, 6.45) is 3.36. The van der Waals surface area contributed by atoms with E-state index in [4.69, 9.17) is 0 Å². The standard InChI is InChI=1S/C14H20N2O2/c1-4-13(16(2,3)18)15-14(17)11-10-12-8-6-5-7-9-12/h5-11,13H,4H2,1-3H3,(H,15,17). The van der Waals surface area contributed by atoms with Crippen molar-refractivity contribution < 1.29 is 9.44 Å². The van der Waals surface area contributed by atoms with Crippen LogP contribution in [0.5, 0.6) is 0 Å². The summed E-state index contributed by atoms with van der Waals surface area (Å²) in [5.74, 6) is -0.243. The monoisotopic (exact) mass is 248 g/mol. The number of hydrogen-bond acceptors (Lipinski definition) is 2. The van der Waals surface area contributed by atoms with Crippen molar-refractivity contribution in [3.05, 3.63) is 47.2 Å². The molecule has 0 radical (unpaired) electrons. The van der Waals surface area contributed by atoms with Crippen LogP contribution in [0.25, 0.3) is 6.08 Å². The van der Waals surface area contributed by atoms with E-state index in [0.29, 0.717) is 6.42 Å². The highest BCUT2D eigenvalue weighted by atomic mass is 16.5. The van der Waals surface area contributed by atoms with Crippen LogP contribution in [0.15, 0.2) is 36.4 Å². The summed E-state index contributed by atoms with van der Waals surface area (Å²) in [5, 5.41) is 14.5. The van der Waals surface area contributed by atoms with Crippen LogP contribution in [0.1, 0.15) is 18.9 Å². The van der Waals surface area contributed by atoms with E-state index in [0.717, 1.165) is 5.56 Å². The molecule has 0 aliphatic carbocycles. The Hall–Kier alpha value is -1.65. The fourth-order valence-corrected chi connectivity index (χ4v) is 1.65. The Morgan fingerprint density at radius 2 is 2.00 bits per heavy atom. The molecule has 0 spiro atoms. The molecule has 1 aromatic rings. The van der Waals surface area contributed by atoms with Gasteiger partial charge in [0, 0.05) is 12.5 Å². The Labute approximate surface area is 108 Å². The molecule has 1 aromatic carbocycles. The molecule has 4 nitrogen and oxygen atoms in total. The first-order valence-corrected chi connectivity index (χ1v) is 6.01. The third kappa shape index (κ3) is 4.69. The van der Waals surface area contributed by atoms with Gasteiger partial charge in [-0.3, -0.25) is 4.79 Å². The first-order chi connectivity index (χ1) is 8.43. The summed E-state index contributed by atoms with van der Waals surface area (Å²) < 4.78 is -0.526. The van der Waals surface area contributed by atoms with Gasteiger partial charge in [-0.2, -0.15) is 0 Å². The maximum absolute atomic E-state index is 11.7. The van der Waals surface area contributed by atoms with Gasteiger partial charge in [0.2, 0.25) is 5.91 Å². The van der Waals surface area contributed by atoms with E-state index >= 15 is 0 Å². The van der Waals surface area contributed by atoms with Crippen molar-refractivity contribution in [2.24, 2.45) is 0 Å². The molecule has 1 N–H and O–H groups in total. The number of carbonyl (C=O) groups excluding carboxylic acids is 1. The molecule has 98 valence electrons. The van der Waals surface area contributed by atoms with Crippen molar-refractivity contribution >= 4 is 12.0 Å². The predicted molar refractivity (Wildman–Crippen MR) is 73.2 cm³/mol. The summed E-state index contributed by atoms with van der Waals surface area (Å²) in [6.45, 7) is 1.88. The SMILES string of the molecule is CCC(NC(=O)C=Cc1ccccc1)[N+](C)(C)[O-]. The zero-order valence-corrected chi connectivity index (χ0v) is 11.1. The van der Waals surface area contributed by atoms with E-state index in [-0.39, 0.29) is 5.91 Å². The molecule has 0 aliphatic rings. The molecular formula is C14H20N2O2. The molecule has 0 aromatic heterocycles. The van der Waals surface area contributed by atoms with Crippen LogP contribution < -0.4 is 5.32 Å². The van der Waals surface area contributed by atoms with E-state index < -0.39 is 10.8 Å². The van der Waals surface area contributed by atoms with E-state index in [9.17, 15) is 10.0 Å². The van der Waals surface area contributed by atoms with Gasteiger partial charge in [0.15, 0.2) is 6.17 Å². The lowest BCUT2D eigenvalue weighted by atomic mass is 10.2. The van der Waals surface area contributed by atoms with Gasteiger partial charge < -0.3 is 15.2 Å². The highest BCUT2D eigenvalue weighted by molar-refractivity contribution is 5.91. The minimum atomic E-state index is -0.526. The Kier molecular flexibility index (Phi) is 5.07. The maximum Gasteiger partial charge on any atom is 0.248 e. The molecule has 1 rings (SSSR count). The van der Waals surface area contributed by atoms with Crippen LogP contribution in [0, 0.1) is 5.21 Å². The number of hydrogen-bond donors (Lipinski definition) is 1. The number of quaternary nitrogens is 1. The second kappa shape index (κ2) is 6.33. The predicted octanol–water partition coefficient (Wildman–Crippen LogP) is 2.13. The smallest absolute Gasteiger partial charge is 0.248 e. The molecule has 0 saturated carbocycles. The molecule has 18 heavy (non-hydrogen) atoms. The van der Waals surface area contributed by atoms with Crippen molar-refractivity contribution in [1.29, 1.82) is 0 Å². The third-order valence-corrected chi connectivity index (χ3v) is 2.67. The molecule has 0 fully saturated rings. The average molecular weight is 248 g/mol. The molecule has 4 heteroatoms. The molecule has 1 amide bonds.